The van der Waals surface area contributed by atoms with Gasteiger partial charge in [0.15, 0.2) is 0 Å². The number of carboxylic acids is 1. The molecule has 21 heavy (non-hydrogen) atoms. The van der Waals surface area contributed by atoms with Crippen LogP contribution in [0.25, 0.3) is 0 Å². The van der Waals surface area contributed by atoms with Crippen LogP contribution in [0.15, 0.2) is 24.3 Å². The number of hydrogen-bond acceptors (Lipinski definition) is 5. The summed E-state index contributed by atoms with van der Waals surface area (Å²) in [6.07, 6.45) is 1.12. The number of benzene rings is 1. The van der Waals surface area contributed by atoms with Gasteiger partial charge < -0.3 is 19.9 Å². The molecule has 0 saturated heterocycles. The molecule has 6 heteroatoms. The highest BCUT2D eigenvalue weighted by molar-refractivity contribution is 5.87. The van der Waals surface area contributed by atoms with Gasteiger partial charge in [0.1, 0.15) is 12.4 Å². The lowest BCUT2D eigenvalue weighted by Crippen LogP contribution is -2.22. The highest BCUT2D eigenvalue weighted by Crippen LogP contribution is 2.12. The van der Waals surface area contributed by atoms with Gasteiger partial charge in [-0.05, 0) is 38.1 Å². The maximum absolute atomic E-state index is 11.1. The summed E-state index contributed by atoms with van der Waals surface area (Å²) in [7, 11) is 0. The van der Waals surface area contributed by atoms with Crippen molar-refractivity contribution < 1.29 is 24.2 Å². The van der Waals surface area contributed by atoms with Crippen LogP contribution < -0.4 is 10.1 Å². The van der Waals surface area contributed by atoms with Gasteiger partial charge in [0.05, 0.1) is 12.2 Å². The lowest BCUT2D eigenvalue weighted by molar-refractivity contribution is -0.143. The molecule has 0 fully saturated rings. The van der Waals surface area contributed by atoms with Crippen molar-refractivity contribution in [2.75, 3.05) is 26.3 Å². The Morgan fingerprint density at radius 3 is 2.81 bits per heavy atom. The Morgan fingerprint density at radius 1 is 1.29 bits per heavy atom. The van der Waals surface area contributed by atoms with Crippen LogP contribution >= 0.6 is 0 Å². The molecule has 1 aromatic carbocycles. The van der Waals surface area contributed by atoms with Crippen LogP contribution in [0.2, 0.25) is 0 Å². The molecule has 0 saturated carbocycles. The van der Waals surface area contributed by atoms with Crippen molar-refractivity contribution in [3.05, 3.63) is 29.8 Å². The van der Waals surface area contributed by atoms with Crippen molar-refractivity contribution >= 4 is 11.9 Å². The molecular formula is C15H21NO5. The minimum atomic E-state index is -0.974. The maximum Gasteiger partial charge on any atom is 0.335 e. The summed E-state index contributed by atoms with van der Waals surface area (Å²) < 4.78 is 10.3. The SMILES string of the molecule is CCOC(=O)CCCNCCOc1cccc(C(=O)O)c1. The fourth-order valence-electron chi connectivity index (χ4n) is 1.68. The smallest absolute Gasteiger partial charge is 0.335 e. The predicted molar refractivity (Wildman–Crippen MR) is 77.6 cm³/mol. The number of ether oxygens (including phenoxy) is 2. The summed E-state index contributed by atoms with van der Waals surface area (Å²) in [6.45, 7) is 3.96. The molecule has 6 nitrogen and oxygen atoms in total. The summed E-state index contributed by atoms with van der Waals surface area (Å²) in [6, 6.07) is 6.37. The van der Waals surface area contributed by atoms with E-state index in [0.29, 0.717) is 44.9 Å². The van der Waals surface area contributed by atoms with Crippen molar-refractivity contribution in [1.29, 1.82) is 0 Å². The molecule has 0 aromatic heterocycles. The molecule has 0 heterocycles. The van der Waals surface area contributed by atoms with E-state index in [9.17, 15) is 9.59 Å². The van der Waals surface area contributed by atoms with E-state index in [2.05, 4.69) is 5.32 Å². The summed E-state index contributed by atoms with van der Waals surface area (Å²) in [5.41, 5.74) is 0.204. The van der Waals surface area contributed by atoms with E-state index in [1.165, 1.54) is 12.1 Å². The zero-order chi connectivity index (χ0) is 15.5. The fourth-order valence-corrected chi connectivity index (χ4v) is 1.68. The molecule has 0 atom stereocenters. The topological polar surface area (TPSA) is 84.9 Å². The Bertz CT molecular complexity index is 461. The third kappa shape index (κ3) is 7.31. The van der Waals surface area contributed by atoms with Crippen LogP contribution in [-0.2, 0) is 9.53 Å². The molecule has 1 aromatic rings. The van der Waals surface area contributed by atoms with E-state index < -0.39 is 5.97 Å². The average Bonchev–Trinajstić information content (AvgIpc) is 2.47. The van der Waals surface area contributed by atoms with Crippen LogP contribution in [0.5, 0.6) is 5.75 Å². The third-order valence-corrected chi connectivity index (χ3v) is 2.67. The van der Waals surface area contributed by atoms with Crippen LogP contribution in [0.3, 0.4) is 0 Å². The first-order valence-electron chi connectivity index (χ1n) is 6.96. The standard InChI is InChI=1S/C15H21NO5/c1-2-20-14(17)7-4-8-16-9-10-21-13-6-3-5-12(11-13)15(18)19/h3,5-6,11,16H,2,4,7-10H2,1H3,(H,18,19). The van der Waals surface area contributed by atoms with Gasteiger partial charge in [0.2, 0.25) is 0 Å². The van der Waals surface area contributed by atoms with Crippen LogP contribution in [0.1, 0.15) is 30.1 Å². The van der Waals surface area contributed by atoms with Crippen LogP contribution in [0.4, 0.5) is 0 Å². The van der Waals surface area contributed by atoms with Gasteiger partial charge in [-0.25, -0.2) is 4.79 Å². The van der Waals surface area contributed by atoms with Crippen molar-refractivity contribution in [2.45, 2.75) is 19.8 Å². The first-order valence-corrected chi connectivity index (χ1v) is 6.96. The van der Waals surface area contributed by atoms with E-state index >= 15 is 0 Å². The fraction of sp³-hybridized carbons (Fsp3) is 0.467. The number of carbonyl (C=O) groups excluding carboxylic acids is 1. The van der Waals surface area contributed by atoms with Gasteiger partial charge in [0.25, 0.3) is 0 Å². The largest absolute Gasteiger partial charge is 0.492 e. The number of carbonyl (C=O) groups is 2. The zero-order valence-corrected chi connectivity index (χ0v) is 12.1. The van der Waals surface area contributed by atoms with E-state index in [-0.39, 0.29) is 11.5 Å². The Kier molecular flexibility index (Phi) is 7.89. The van der Waals surface area contributed by atoms with Crippen LogP contribution in [0, 0.1) is 0 Å². The lowest BCUT2D eigenvalue weighted by Gasteiger charge is -2.08. The summed E-state index contributed by atoms with van der Waals surface area (Å²) >= 11 is 0. The second-order valence-electron chi connectivity index (χ2n) is 4.34. The van der Waals surface area contributed by atoms with E-state index in [1.54, 1.807) is 19.1 Å². The van der Waals surface area contributed by atoms with E-state index in [4.69, 9.17) is 14.6 Å². The number of aromatic carboxylic acids is 1. The molecule has 2 N–H and O–H groups in total. The summed E-state index contributed by atoms with van der Waals surface area (Å²) in [5.74, 6) is -0.623. The van der Waals surface area contributed by atoms with Gasteiger partial charge >= 0.3 is 11.9 Å². The molecule has 0 aliphatic heterocycles. The Morgan fingerprint density at radius 2 is 2.10 bits per heavy atom. The van der Waals surface area contributed by atoms with Crippen LogP contribution in [-0.4, -0.2) is 43.3 Å². The number of rotatable bonds is 10. The van der Waals surface area contributed by atoms with E-state index in [1.807, 2.05) is 0 Å². The highest BCUT2D eigenvalue weighted by Gasteiger charge is 2.03. The lowest BCUT2D eigenvalue weighted by atomic mass is 10.2. The summed E-state index contributed by atoms with van der Waals surface area (Å²) in [5, 5.41) is 12.0. The van der Waals surface area contributed by atoms with Gasteiger partial charge in [-0.15, -0.1) is 0 Å². The van der Waals surface area contributed by atoms with Crippen molar-refractivity contribution in [3.63, 3.8) is 0 Å². The monoisotopic (exact) mass is 295 g/mol. The highest BCUT2D eigenvalue weighted by atomic mass is 16.5. The average molecular weight is 295 g/mol. The van der Waals surface area contributed by atoms with Gasteiger partial charge in [-0.3, -0.25) is 4.79 Å². The molecule has 0 spiro atoms. The maximum atomic E-state index is 11.1. The molecular weight excluding hydrogens is 274 g/mol. The predicted octanol–water partition coefficient (Wildman–Crippen LogP) is 1.70. The number of nitrogens with one attached hydrogen (secondary N) is 1. The Labute approximate surface area is 124 Å². The molecule has 0 aliphatic rings. The second-order valence-corrected chi connectivity index (χ2v) is 4.34. The van der Waals surface area contributed by atoms with Crippen molar-refractivity contribution in [3.8, 4) is 5.75 Å². The quantitative estimate of drug-likeness (QED) is 0.505. The first kappa shape index (κ1) is 17.0. The third-order valence-electron chi connectivity index (χ3n) is 2.67. The Hall–Kier alpha value is -2.08. The Balaban J connectivity index is 2.10. The van der Waals surface area contributed by atoms with Gasteiger partial charge in [-0.1, -0.05) is 6.07 Å². The minimum absolute atomic E-state index is 0.180. The molecule has 0 bridgehead atoms. The van der Waals surface area contributed by atoms with Crippen molar-refractivity contribution in [1.82, 2.24) is 5.32 Å². The minimum Gasteiger partial charge on any atom is -0.492 e. The molecule has 116 valence electrons. The molecule has 0 amide bonds. The van der Waals surface area contributed by atoms with Crippen molar-refractivity contribution in [2.24, 2.45) is 0 Å². The number of hydrogen-bond donors (Lipinski definition) is 2. The second kappa shape index (κ2) is 9.77. The first-order chi connectivity index (χ1) is 10.1. The van der Waals surface area contributed by atoms with Gasteiger partial charge in [0, 0.05) is 13.0 Å². The molecule has 0 aliphatic carbocycles. The number of carboxylic acid groups (broad SMARTS) is 1. The van der Waals surface area contributed by atoms with E-state index in [0.717, 1.165) is 0 Å². The molecule has 0 radical (unpaired) electrons. The summed E-state index contributed by atoms with van der Waals surface area (Å²) in [4.78, 5) is 21.9. The molecule has 1 rings (SSSR count). The normalized spacial score (nSPS) is 10.1. The zero-order valence-electron chi connectivity index (χ0n) is 12.1. The number of esters is 1. The van der Waals surface area contributed by atoms with Gasteiger partial charge in [-0.2, -0.15) is 0 Å². The molecule has 0 unspecified atom stereocenters.